The molecule has 0 radical (unpaired) electrons. The van der Waals surface area contributed by atoms with Crippen molar-refractivity contribution in [1.29, 1.82) is 0 Å². The summed E-state index contributed by atoms with van der Waals surface area (Å²) in [6.45, 7) is 3.22. The normalized spacial score (nSPS) is 21.6. The van der Waals surface area contributed by atoms with Gasteiger partial charge in [0.1, 0.15) is 36.5 Å². The molecule has 0 saturated carbocycles. The molecule has 0 aromatic carbocycles. The van der Waals surface area contributed by atoms with Gasteiger partial charge in [0.2, 0.25) is 0 Å². The van der Waals surface area contributed by atoms with Crippen LogP contribution in [0.4, 0.5) is 5.82 Å². The molecule has 0 spiro atoms. The Balaban J connectivity index is 1.23. The van der Waals surface area contributed by atoms with E-state index in [1.807, 2.05) is 0 Å². The molecule has 10 atom stereocenters. The second-order valence-corrected chi connectivity index (χ2v) is 25.0. The topological polar surface area (TPSA) is 347 Å². The van der Waals surface area contributed by atoms with Gasteiger partial charge in [-0.05, 0) is 31.4 Å². The number of ether oxygens (including phenoxy) is 3. The predicted octanol–water partition coefficient (Wildman–Crippen LogP) is 11.0. The number of anilines is 1. The first-order valence-electron chi connectivity index (χ1n) is 30.8. The number of unbranched alkanes of at least 4 members (excludes halogenated alkanes) is 27. The van der Waals surface area contributed by atoms with Crippen LogP contribution in [0.5, 0.6) is 0 Å². The number of hydrogen-bond donors (Lipinski definition) is 6. The second-order valence-electron chi connectivity index (χ2n) is 22.1. The standard InChI is InChI=1S/C56H98N8O17P2/c1-4-6-8-10-12-14-16-18-19-20-22-24-26-28-30-32-35-58-48-34-36-63(55(69)59-48)54-52(67)51(66)47(81-54)42-78-83(73,74)76-40-44(79-50(65)33-31-29-27-25-23-21-17-15-13-11-9-7-5-2)39-75-82(71,72)77-41-46-45(61-62-57)37-49(80-46)64-38-43(3)53(68)60-56(64)70/h34,36,38,44-47,49,51-52,54,66-67H,4-33,35,37,39-42H2,1-3H3,(H,71,72)(H,73,74)(H,58,59,69)(H,60,68,70). The summed E-state index contributed by atoms with van der Waals surface area (Å²) in [5.41, 5.74) is 7.19. The molecule has 10 unspecified atom stereocenters. The Morgan fingerprint density at radius 3 is 1.70 bits per heavy atom. The number of aliphatic hydroxyl groups excluding tert-OH is 2. The van der Waals surface area contributed by atoms with Crippen LogP contribution in [0.3, 0.4) is 0 Å². The van der Waals surface area contributed by atoms with Gasteiger partial charge in [0.15, 0.2) is 6.23 Å². The maximum Gasteiger partial charge on any atom is 0.472 e. The van der Waals surface area contributed by atoms with Gasteiger partial charge in [-0.15, -0.1) is 0 Å². The predicted molar refractivity (Wildman–Crippen MR) is 314 cm³/mol. The van der Waals surface area contributed by atoms with Crippen LogP contribution in [0, 0.1) is 6.92 Å². The minimum Gasteiger partial charge on any atom is -0.457 e. The van der Waals surface area contributed by atoms with Crippen molar-refractivity contribution >= 4 is 27.4 Å². The first-order chi connectivity index (χ1) is 40.0. The molecule has 25 nitrogen and oxygen atoms in total. The number of carbonyl (C=O) groups excluding carboxylic acids is 1. The van der Waals surface area contributed by atoms with Crippen molar-refractivity contribution in [2.75, 3.05) is 38.3 Å². The van der Waals surface area contributed by atoms with Crippen LogP contribution in [0.1, 0.15) is 231 Å². The molecule has 0 amide bonds. The highest BCUT2D eigenvalue weighted by molar-refractivity contribution is 7.47. The van der Waals surface area contributed by atoms with Gasteiger partial charge >= 0.3 is 33.0 Å². The Morgan fingerprint density at radius 1 is 0.723 bits per heavy atom. The first kappa shape index (κ1) is 71.7. The number of aryl methyl sites for hydroxylation is 1. The zero-order valence-corrected chi connectivity index (χ0v) is 51.3. The summed E-state index contributed by atoms with van der Waals surface area (Å²) in [6, 6.07) is 0.546. The third kappa shape index (κ3) is 28.5. The SMILES string of the molecule is CCCCCCCCCCCCCCCCCCNc1ccn(C2OC(COP(=O)(O)OCC(COP(=O)(O)OCC3OC(n4cc(C)c(=O)[nH]c4=O)CC3N=[N+]=[N-])OC(=O)CCCCCCCCCCCCCCC)C(O)C2O)c(=O)n1. The third-order valence-electron chi connectivity index (χ3n) is 15.1. The molecule has 4 rings (SSSR count). The van der Waals surface area contributed by atoms with E-state index in [4.69, 9.17) is 32.3 Å². The number of hydrogen-bond acceptors (Lipinski definition) is 18. The minimum atomic E-state index is -5.10. The molecule has 4 heterocycles. The zero-order chi connectivity index (χ0) is 60.3. The summed E-state index contributed by atoms with van der Waals surface area (Å²) in [7, 11) is -10.2. The number of aliphatic hydroxyl groups is 2. The maximum absolute atomic E-state index is 13.2. The van der Waals surface area contributed by atoms with Crippen LogP contribution in [0.25, 0.3) is 10.4 Å². The fraction of sp³-hybridized carbons (Fsp3) is 0.839. The van der Waals surface area contributed by atoms with Crippen LogP contribution < -0.4 is 22.3 Å². The van der Waals surface area contributed by atoms with Crippen LogP contribution in [0.15, 0.2) is 38.0 Å². The molecule has 2 fully saturated rings. The molecular weight excluding hydrogens is 1120 g/mol. The van der Waals surface area contributed by atoms with Crippen molar-refractivity contribution < 1.29 is 66.2 Å². The maximum atomic E-state index is 13.2. The second kappa shape index (κ2) is 40.6. The van der Waals surface area contributed by atoms with E-state index in [9.17, 15) is 53.8 Å². The summed E-state index contributed by atoms with van der Waals surface area (Å²) in [6.07, 6.45) is 26.7. The van der Waals surface area contributed by atoms with Gasteiger partial charge in [0.25, 0.3) is 5.56 Å². The van der Waals surface area contributed by atoms with Crippen molar-refractivity contribution in [3.05, 3.63) is 65.8 Å². The molecule has 27 heteroatoms. The molecule has 6 N–H and O–H groups in total. The van der Waals surface area contributed by atoms with E-state index in [1.54, 1.807) is 0 Å². The molecule has 0 bridgehead atoms. The number of phosphoric ester groups is 2. The number of aromatic amines is 1. The molecule has 2 aromatic heterocycles. The highest BCUT2D eigenvalue weighted by Crippen LogP contribution is 2.47. The van der Waals surface area contributed by atoms with Crippen LogP contribution in [-0.4, -0.2) is 115 Å². The highest BCUT2D eigenvalue weighted by atomic mass is 31.2. The molecule has 2 aliphatic heterocycles. The fourth-order valence-electron chi connectivity index (χ4n) is 10.1. The number of aromatic nitrogens is 4. The number of phosphoric acid groups is 2. The van der Waals surface area contributed by atoms with Gasteiger partial charge in [0.05, 0.1) is 38.6 Å². The summed E-state index contributed by atoms with van der Waals surface area (Å²) >= 11 is 0. The molecule has 474 valence electrons. The fourth-order valence-corrected chi connectivity index (χ4v) is 11.7. The van der Waals surface area contributed by atoms with Crippen molar-refractivity contribution in [1.82, 2.24) is 19.1 Å². The Hall–Kier alpha value is -3.80. The van der Waals surface area contributed by atoms with Gasteiger partial charge in [0, 0.05) is 42.3 Å². The zero-order valence-electron chi connectivity index (χ0n) is 49.5. The van der Waals surface area contributed by atoms with Crippen molar-refractivity contribution in [3.8, 4) is 0 Å². The Labute approximate surface area is 489 Å². The van der Waals surface area contributed by atoms with Gasteiger partial charge < -0.3 is 39.5 Å². The number of nitrogens with zero attached hydrogens (tertiary/aromatic N) is 6. The summed E-state index contributed by atoms with van der Waals surface area (Å²) in [5.74, 6) is -0.427. The molecule has 83 heavy (non-hydrogen) atoms. The van der Waals surface area contributed by atoms with Crippen LogP contribution >= 0.6 is 15.6 Å². The summed E-state index contributed by atoms with van der Waals surface area (Å²) in [4.78, 5) is 81.0. The molecule has 0 aliphatic carbocycles. The summed E-state index contributed by atoms with van der Waals surface area (Å²) in [5, 5.41) is 28.5. The van der Waals surface area contributed by atoms with E-state index in [2.05, 4.69) is 39.2 Å². The van der Waals surface area contributed by atoms with Gasteiger partial charge in [-0.2, -0.15) is 4.98 Å². The molecule has 2 aromatic rings. The Kier molecular flexibility index (Phi) is 35.0. The highest BCUT2D eigenvalue weighted by Gasteiger charge is 2.45. The molecule has 2 aliphatic rings. The molecule has 2 saturated heterocycles. The lowest BCUT2D eigenvalue weighted by atomic mass is 10.0. The van der Waals surface area contributed by atoms with E-state index < -0.39 is 114 Å². The van der Waals surface area contributed by atoms with Gasteiger partial charge in [-0.3, -0.25) is 41.8 Å². The lowest BCUT2D eigenvalue weighted by molar-refractivity contribution is -0.153. The number of esters is 1. The van der Waals surface area contributed by atoms with Crippen molar-refractivity contribution in [2.45, 2.75) is 269 Å². The van der Waals surface area contributed by atoms with E-state index in [0.717, 1.165) is 60.5 Å². The van der Waals surface area contributed by atoms with Crippen LogP contribution in [-0.2, 0) is 46.2 Å². The average Bonchev–Trinajstić information content (AvgIpc) is 4.25. The Bertz CT molecular complexity index is 2480. The lowest BCUT2D eigenvalue weighted by Gasteiger charge is -2.22. The monoisotopic (exact) mass is 1220 g/mol. The number of rotatable bonds is 48. The summed E-state index contributed by atoms with van der Waals surface area (Å²) < 4.78 is 66.1. The molecular formula is C56H98N8O17P2. The van der Waals surface area contributed by atoms with Crippen LogP contribution in [0.2, 0.25) is 0 Å². The third-order valence-corrected chi connectivity index (χ3v) is 17.0. The first-order valence-corrected chi connectivity index (χ1v) is 33.8. The number of carbonyl (C=O) groups is 1. The lowest BCUT2D eigenvalue weighted by Crippen LogP contribution is -2.36. The average molecular weight is 1220 g/mol. The van der Waals surface area contributed by atoms with Crippen molar-refractivity contribution in [2.24, 2.45) is 5.11 Å². The van der Waals surface area contributed by atoms with E-state index in [0.29, 0.717) is 18.8 Å². The minimum absolute atomic E-state index is 0.0500. The largest absolute Gasteiger partial charge is 0.472 e. The Morgan fingerprint density at radius 2 is 1.20 bits per heavy atom. The van der Waals surface area contributed by atoms with E-state index >= 15 is 0 Å². The van der Waals surface area contributed by atoms with Gasteiger partial charge in [-0.1, -0.05) is 192 Å². The number of nitrogens with one attached hydrogen (secondary N) is 2. The van der Waals surface area contributed by atoms with Gasteiger partial charge in [-0.25, -0.2) is 18.7 Å². The number of azide groups is 1. The van der Waals surface area contributed by atoms with E-state index in [-0.39, 0.29) is 18.4 Å². The smallest absolute Gasteiger partial charge is 0.457 e. The van der Waals surface area contributed by atoms with Crippen molar-refractivity contribution in [3.63, 3.8) is 0 Å². The number of H-pyrrole nitrogens is 1. The quantitative estimate of drug-likeness (QED) is 0.00895. The van der Waals surface area contributed by atoms with E-state index in [1.165, 1.54) is 154 Å².